The van der Waals surface area contributed by atoms with Crippen LogP contribution >= 0.6 is 0 Å². The fourth-order valence-electron chi connectivity index (χ4n) is 2.33. The van der Waals surface area contributed by atoms with Crippen LogP contribution in [0.1, 0.15) is 12.8 Å². The molecule has 2 aromatic heterocycles. The number of carbonyl (C=O) groups is 1. The van der Waals surface area contributed by atoms with Gasteiger partial charge in [0.15, 0.2) is 0 Å². The normalized spacial score (nSPS) is 18.5. The number of hydrogen-bond donors (Lipinski definition) is 0. The largest absolute Gasteiger partial charge is 0.471 e. The van der Waals surface area contributed by atoms with Crippen LogP contribution in [-0.2, 0) is 11.3 Å². The van der Waals surface area contributed by atoms with Crippen molar-refractivity contribution >= 4 is 5.91 Å². The number of likely N-dealkylation sites (tertiary alicyclic amines) is 1. The quantitative estimate of drug-likeness (QED) is 0.795. The molecule has 0 aliphatic carbocycles. The second-order valence-corrected chi connectivity index (χ2v) is 4.86. The van der Waals surface area contributed by atoms with Gasteiger partial charge in [0, 0.05) is 18.9 Å². The molecule has 3 heterocycles. The van der Waals surface area contributed by atoms with Crippen LogP contribution in [0.2, 0.25) is 0 Å². The van der Waals surface area contributed by atoms with Crippen molar-refractivity contribution in [1.82, 2.24) is 29.6 Å². The number of aromatic nitrogens is 5. The number of amides is 1. The van der Waals surface area contributed by atoms with Crippen LogP contribution in [0.15, 0.2) is 31.2 Å². The lowest BCUT2D eigenvalue weighted by molar-refractivity contribution is -0.134. The first kappa shape index (κ1) is 13.5. The summed E-state index contributed by atoms with van der Waals surface area (Å²) in [5.74, 6) is 0.515. The first-order chi connectivity index (χ1) is 10.3. The Bertz CT molecular complexity index is 574. The third kappa shape index (κ3) is 3.53. The SMILES string of the molecule is O=C(Cn1cncn1)N1CCCC(Oc2cnccn2)C1. The van der Waals surface area contributed by atoms with Crippen LogP contribution in [0.25, 0.3) is 0 Å². The highest BCUT2D eigenvalue weighted by atomic mass is 16.5. The molecule has 1 atom stereocenters. The van der Waals surface area contributed by atoms with E-state index in [0.29, 0.717) is 12.4 Å². The zero-order valence-electron chi connectivity index (χ0n) is 11.5. The number of hydrogen-bond acceptors (Lipinski definition) is 6. The Morgan fingerprint density at radius 3 is 3.10 bits per heavy atom. The van der Waals surface area contributed by atoms with Crippen LogP contribution in [-0.4, -0.2) is 54.7 Å². The molecular weight excluding hydrogens is 272 g/mol. The topological polar surface area (TPSA) is 86.0 Å². The Balaban J connectivity index is 1.56. The minimum Gasteiger partial charge on any atom is -0.471 e. The first-order valence-electron chi connectivity index (χ1n) is 6.84. The molecule has 0 N–H and O–H groups in total. The van der Waals surface area contributed by atoms with Crippen molar-refractivity contribution in [2.75, 3.05) is 13.1 Å². The zero-order valence-corrected chi connectivity index (χ0v) is 11.5. The molecule has 3 rings (SSSR count). The van der Waals surface area contributed by atoms with Gasteiger partial charge < -0.3 is 9.64 Å². The lowest BCUT2D eigenvalue weighted by atomic mass is 10.1. The van der Waals surface area contributed by atoms with Crippen LogP contribution < -0.4 is 4.74 Å². The molecule has 8 heteroatoms. The van der Waals surface area contributed by atoms with Gasteiger partial charge in [-0.05, 0) is 12.8 Å². The Morgan fingerprint density at radius 1 is 1.38 bits per heavy atom. The Hall–Kier alpha value is -2.51. The molecule has 0 radical (unpaired) electrons. The van der Waals surface area contributed by atoms with Gasteiger partial charge in [0.1, 0.15) is 25.3 Å². The minimum atomic E-state index is -0.0462. The smallest absolute Gasteiger partial charge is 0.244 e. The number of ether oxygens (including phenoxy) is 1. The van der Waals surface area contributed by atoms with Crippen molar-refractivity contribution in [3.8, 4) is 5.88 Å². The van der Waals surface area contributed by atoms with Gasteiger partial charge in [-0.3, -0.25) is 9.78 Å². The zero-order chi connectivity index (χ0) is 14.5. The fourth-order valence-corrected chi connectivity index (χ4v) is 2.33. The Labute approximate surface area is 121 Å². The van der Waals surface area contributed by atoms with Crippen molar-refractivity contribution in [1.29, 1.82) is 0 Å². The molecule has 21 heavy (non-hydrogen) atoms. The van der Waals surface area contributed by atoms with Crippen LogP contribution in [0.4, 0.5) is 0 Å². The maximum Gasteiger partial charge on any atom is 0.244 e. The lowest BCUT2D eigenvalue weighted by Crippen LogP contribution is -2.45. The average molecular weight is 288 g/mol. The summed E-state index contributed by atoms with van der Waals surface area (Å²) >= 11 is 0. The number of carbonyl (C=O) groups excluding carboxylic acids is 1. The van der Waals surface area contributed by atoms with Crippen molar-refractivity contribution in [3.63, 3.8) is 0 Å². The predicted molar refractivity (Wildman–Crippen MR) is 72.3 cm³/mol. The highest BCUT2D eigenvalue weighted by Gasteiger charge is 2.25. The summed E-state index contributed by atoms with van der Waals surface area (Å²) in [5, 5.41) is 3.95. The van der Waals surface area contributed by atoms with Crippen molar-refractivity contribution < 1.29 is 9.53 Å². The molecule has 1 aliphatic rings. The van der Waals surface area contributed by atoms with E-state index in [0.717, 1.165) is 19.4 Å². The molecule has 2 aromatic rings. The summed E-state index contributed by atoms with van der Waals surface area (Å²) in [6.07, 6.45) is 9.50. The predicted octanol–water partition coefficient (Wildman–Crippen LogP) is 0.138. The van der Waals surface area contributed by atoms with E-state index in [9.17, 15) is 4.79 Å². The fraction of sp³-hybridized carbons (Fsp3) is 0.462. The average Bonchev–Trinajstić information content (AvgIpc) is 3.01. The lowest BCUT2D eigenvalue weighted by Gasteiger charge is -2.32. The molecule has 0 saturated carbocycles. The molecule has 1 amide bonds. The van der Waals surface area contributed by atoms with Gasteiger partial charge in [0.2, 0.25) is 11.8 Å². The number of piperidine rings is 1. The van der Waals surface area contributed by atoms with E-state index in [-0.39, 0.29) is 18.6 Å². The molecule has 0 spiro atoms. The summed E-state index contributed by atoms with van der Waals surface area (Å²) in [4.78, 5) is 25.9. The molecule has 8 nitrogen and oxygen atoms in total. The van der Waals surface area contributed by atoms with Gasteiger partial charge in [0.05, 0.1) is 12.7 Å². The van der Waals surface area contributed by atoms with Gasteiger partial charge >= 0.3 is 0 Å². The standard InChI is InChI=1S/C13H16N6O2/c20-13(8-19-10-15-9-17-19)18-5-1-2-11(7-18)21-12-6-14-3-4-16-12/h3-4,6,9-11H,1-2,5,7-8H2. The van der Waals surface area contributed by atoms with E-state index in [1.165, 1.54) is 17.3 Å². The molecule has 0 aromatic carbocycles. The van der Waals surface area contributed by atoms with E-state index in [4.69, 9.17) is 4.74 Å². The second kappa shape index (κ2) is 6.29. The molecule has 110 valence electrons. The second-order valence-electron chi connectivity index (χ2n) is 4.86. The minimum absolute atomic E-state index is 0.0212. The van der Waals surface area contributed by atoms with Gasteiger partial charge in [0.25, 0.3) is 0 Å². The van der Waals surface area contributed by atoms with Gasteiger partial charge in [-0.15, -0.1) is 0 Å². The summed E-state index contributed by atoms with van der Waals surface area (Å²) < 4.78 is 7.29. The molecule has 1 unspecified atom stereocenters. The Morgan fingerprint density at radius 2 is 2.33 bits per heavy atom. The van der Waals surface area contributed by atoms with Crippen LogP contribution in [0, 0.1) is 0 Å². The highest BCUT2D eigenvalue weighted by molar-refractivity contribution is 5.76. The Kier molecular flexibility index (Phi) is 4.04. The van der Waals surface area contributed by atoms with E-state index in [1.807, 2.05) is 0 Å². The summed E-state index contributed by atoms with van der Waals surface area (Å²) in [6.45, 7) is 1.51. The maximum absolute atomic E-state index is 12.2. The van der Waals surface area contributed by atoms with Gasteiger partial charge in [-0.25, -0.2) is 14.6 Å². The van der Waals surface area contributed by atoms with Crippen molar-refractivity contribution in [3.05, 3.63) is 31.2 Å². The number of nitrogens with zero attached hydrogens (tertiary/aromatic N) is 6. The monoisotopic (exact) mass is 288 g/mol. The van der Waals surface area contributed by atoms with Gasteiger partial charge in [-0.2, -0.15) is 5.10 Å². The van der Waals surface area contributed by atoms with Gasteiger partial charge in [-0.1, -0.05) is 0 Å². The first-order valence-corrected chi connectivity index (χ1v) is 6.84. The summed E-state index contributed by atoms with van der Waals surface area (Å²) in [7, 11) is 0. The highest BCUT2D eigenvalue weighted by Crippen LogP contribution is 2.16. The third-order valence-corrected chi connectivity index (χ3v) is 3.32. The van der Waals surface area contributed by atoms with E-state index in [1.54, 1.807) is 23.5 Å². The summed E-state index contributed by atoms with van der Waals surface area (Å²) in [5.41, 5.74) is 0. The van der Waals surface area contributed by atoms with E-state index < -0.39 is 0 Å². The van der Waals surface area contributed by atoms with Crippen LogP contribution in [0.3, 0.4) is 0 Å². The van der Waals surface area contributed by atoms with E-state index in [2.05, 4.69) is 20.1 Å². The van der Waals surface area contributed by atoms with Crippen LogP contribution in [0.5, 0.6) is 5.88 Å². The summed E-state index contributed by atoms with van der Waals surface area (Å²) in [6, 6.07) is 0. The van der Waals surface area contributed by atoms with Crippen molar-refractivity contribution in [2.45, 2.75) is 25.5 Å². The maximum atomic E-state index is 12.2. The molecule has 1 fully saturated rings. The molecule has 1 aliphatic heterocycles. The number of rotatable bonds is 4. The molecule has 1 saturated heterocycles. The molecule has 0 bridgehead atoms. The van der Waals surface area contributed by atoms with E-state index >= 15 is 0 Å². The molecular formula is C13H16N6O2. The van der Waals surface area contributed by atoms with Crippen molar-refractivity contribution in [2.24, 2.45) is 0 Å². The third-order valence-electron chi connectivity index (χ3n) is 3.32.